The van der Waals surface area contributed by atoms with E-state index in [1.807, 2.05) is 6.07 Å². The van der Waals surface area contributed by atoms with Gasteiger partial charge in [-0.1, -0.05) is 78.9 Å². The van der Waals surface area contributed by atoms with Crippen molar-refractivity contribution in [3.05, 3.63) is 90.0 Å². The summed E-state index contributed by atoms with van der Waals surface area (Å²) in [5.74, 6) is 0. The molecule has 4 aromatic rings. The first-order valence-electron chi connectivity index (χ1n) is 8.26. The van der Waals surface area contributed by atoms with Crippen LogP contribution in [0.25, 0.3) is 33.3 Å². The number of aryl methyl sites for hydroxylation is 2. The van der Waals surface area contributed by atoms with Crippen molar-refractivity contribution < 1.29 is 0 Å². The Hall–Kier alpha value is -2.93. The molecule has 0 saturated heterocycles. The largest absolute Gasteiger partial charge is 0.247 e. The molecule has 1 nitrogen and oxygen atoms in total. The Labute approximate surface area is 142 Å². The summed E-state index contributed by atoms with van der Waals surface area (Å²) in [5, 5.41) is 1.23. The van der Waals surface area contributed by atoms with Crippen LogP contribution in [-0.2, 0) is 0 Å². The highest BCUT2D eigenvalue weighted by molar-refractivity contribution is 5.96. The molecule has 0 bridgehead atoms. The van der Waals surface area contributed by atoms with Crippen molar-refractivity contribution in [2.45, 2.75) is 13.8 Å². The predicted octanol–water partition coefficient (Wildman–Crippen LogP) is 6.19. The number of benzene rings is 3. The van der Waals surface area contributed by atoms with E-state index < -0.39 is 0 Å². The van der Waals surface area contributed by atoms with Crippen LogP contribution in [-0.4, -0.2) is 4.98 Å². The van der Waals surface area contributed by atoms with Crippen LogP contribution < -0.4 is 0 Å². The monoisotopic (exact) mass is 309 g/mol. The SMILES string of the molecule is Cc1c(-c2ccccc2)c(-c2ccccc2)nc2c(C)cccc12. The molecule has 4 rings (SSSR count). The van der Waals surface area contributed by atoms with Crippen LogP contribution in [0.4, 0.5) is 0 Å². The number of fused-ring (bicyclic) bond motifs is 1. The van der Waals surface area contributed by atoms with Crippen molar-refractivity contribution in [3.63, 3.8) is 0 Å². The summed E-state index contributed by atoms with van der Waals surface area (Å²) in [5.41, 5.74) is 8.24. The number of hydrogen-bond donors (Lipinski definition) is 0. The molecule has 0 N–H and O–H groups in total. The number of para-hydroxylation sites is 1. The molecule has 0 fully saturated rings. The molecular formula is C23H19N. The summed E-state index contributed by atoms with van der Waals surface area (Å²) in [6.45, 7) is 4.34. The molecule has 24 heavy (non-hydrogen) atoms. The molecule has 116 valence electrons. The Bertz CT molecular complexity index is 1000. The smallest absolute Gasteiger partial charge is 0.0790 e. The van der Waals surface area contributed by atoms with Crippen molar-refractivity contribution in [1.82, 2.24) is 4.98 Å². The second-order valence-corrected chi connectivity index (χ2v) is 6.16. The van der Waals surface area contributed by atoms with Gasteiger partial charge in [-0.15, -0.1) is 0 Å². The van der Waals surface area contributed by atoms with E-state index in [0.29, 0.717) is 0 Å². The van der Waals surface area contributed by atoms with E-state index in [-0.39, 0.29) is 0 Å². The molecule has 0 saturated carbocycles. The van der Waals surface area contributed by atoms with Crippen molar-refractivity contribution in [2.24, 2.45) is 0 Å². The van der Waals surface area contributed by atoms with Crippen LogP contribution in [0.2, 0.25) is 0 Å². The average Bonchev–Trinajstić information content (AvgIpc) is 2.64. The minimum absolute atomic E-state index is 1.06. The Morgan fingerprint density at radius 1 is 0.625 bits per heavy atom. The van der Waals surface area contributed by atoms with Gasteiger partial charge in [0.2, 0.25) is 0 Å². The molecule has 0 radical (unpaired) electrons. The third kappa shape index (κ3) is 2.39. The van der Waals surface area contributed by atoms with E-state index in [2.05, 4.69) is 86.6 Å². The first-order valence-corrected chi connectivity index (χ1v) is 8.26. The fraction of sp³-hybridized carbons (Fsp3) is 0.0870. The highest BCUT2D eigenvalue weighted by Gasteiger charge is 2.16. The molecule has 1 aromatic heterocycles. The molecule has 3 aromatic carbocycles. The highest BCUT2D eigenvalue weighted by Crippen LogP contribution is 2.37. The maximum Gasteiger partial charge on any atom is 0.0790 e. The lowest BCUT2D eigenvalue weighted by Gasteiger charge is -2.16. The molecule has 0 amide bonds. The molecule has 0 aliphatic carbocycles. The Balaban J connectivity index is 2.14. The minimum Gasteiger partial charge on any atom is -0.247 e. The lowest BCUT2D eigenvalue weighted by molar-refractivity contribution is 1.33. The Morgan fingerprint density at radius 3 is 1.92 bits per heavy atom. The third-order valence-corrected chi connectivity index (χ3v) is 4.59. The van der Waals surface area contributed by atoms with Crippen LogP contribution in [0.15, 0.2) is 78.9 Å². The highest BCUT2D eigenvalue weighted by atomic mass is 14.7. The lowest BCUT2D eigenvalue weighted by Crippen LogP contribution is -1.96. The van der Waals surface area contributed by atoms with Gasteiger partial charge in [0, 0.05) is 16.5 Å². The van der Waals surface area contributed by atoms with Crippen LogP contribution >= 0.6 is 0 Å². The van der Waals surface area contributed by atoms with E-state index >= 15 is 0 Å². The molecule has 1 heterocycles. The molecular weight excluding hydrogens is 290 g/mol. The second-order valence-electron chi connectivity index (χ2n) is 6.16. The van der Waals surface area contributed by atoms with Gasteiger partial charge in [-0.25, -0.2) is 4.98 Å². The summed E-state index contributed by atoms with van der Waals surface area (Å²) < 4.78 is 0. The van der Waals surface area contributed by atoms with Gasteiger partial charge >= 0.3 is 0 Å². The summed E-state index contributed by atoms with van der Waals surface area (Å²) in [6.07, 6.45) is 0. The first-order chi connectivity index (χ1) is 11.8. The normalized spacial score (nSPS) is 10.9. The fourth-order valence-electron chi connectivity index (χ4n) is 3.35. The number of rotatable bonds is 2. The van der Waals surface area contributed by atoms with Gasteiger partial charge in [-0.3, -0.25) is 0 Å². The zero-order chi connectivity index (χ0) is 16.5. The number of pyridine rings is 1. The van der Waals surface area contributed by atoms with Crippen molar-refractivity contribution in [1.29, 1.82) is 0 Å². The van der Waals surface area contributed by atoms with Gasteiger partial charge in [0.25, 0.3) is 0 Å². The van der Waals surface area contributed by atoms with Gasteiger partial charge in [0.15, 0.2) is 0 Å². The summed E-state index contributed by atoms with van der Waals surface area (Å²) in [4.78, 5) is 5.08. The third-order valence-electron chi connectivity index (χ3n) is 4.59. The van der Waals surface area contributed by atoms with E-state index in [1.54, 1.807) is 0 Å². The van der Waals surface area contributed by atoms with Crippen molar-refractivity contribution in [2.75, 3.05) is 0 Å². The van der Waals surface area contributed by atoms with Crippen LogP contribution in [0.1, 0.15) is 11.1 Å². The molecule has 1 heteroatoms. The molecule has 0 spiro atoms. The number of hydrogen-bond acceptors (Lipinski definition) is 1. The first kappa shape index (κ1) is 14.6. The van der Waals surface area contributed by atoms with Gasteiger partial charge in [0.1, 0.15) is 0 Å². The topological polar surface area (TPSA) is 12.9 Å². The fourth-order valence-corrected chi connectivity index (χ4v) is 3.35. The van der Waals surface area contributed by atoms with Crippen molar-refractivity contribution in [3.8, 4) is 22.4 Å². The Morgan fingerprint density at radius 2 is 1.25 bits per heavy atom. The predicted molar refractivity (Wildman–Crippen MR) is 102 cm³/mol. The van der Waals surface area contributed by atoms with Crippen LogP contribution in [0.5, 0.6) is 0 Å². The summed E-state index contributed by atoms with van der Waals surface area (Å²) in [6, 6.07) is 27.4. The standard InChI is InChI=1S/C23H19N/c1-16-10-9-15-20-17(2)21(18-11-5-3-6-12-18)23(24-22(16)20)19-13-7-4-8-14-19/h3-15H,1-2H3. The molecule has 0 aliphatic heterocycles. The van der Waals surface area contributed by atoms with Crippen molar-refractivity contribution >= 4 is 10.9 Å². The van der Waals surface area contributed by atoms with Crippen LogP contribution in [0, 0.1) is 13.8 Å². The minimum atomic E-state index is 1.06. The van der Waals surface area contributed by atoms with E-state index in [0.717, 1.165) is 16.8 Å². The second kappa shape index (κ2) is 5.93. The lowest BCUT2D eigenvalue weighted by atomic mass is 9.92. The van der Waals surface area contributed by atoms with Crippen LogP contribution in [0.3, 0.4) is 0 Å². The summed E-state index contributed by atoms with van der Waals surface area (Å²) >= 11 is 0. The maximum absolute atomic E-state index is 5.08. The van der Waals surface area contributed by atoms with Gasteiger partial charge in [0.05, 0.1) is 11.2 Å². The molecule has 0 unspecified atom stereocenters. The van der Waals surface area contributed by atoms with Gasteiger partial charge < -0.3 is 0 Å². The number of aromatic nitrogens is 1. The zero-order valence-electron chi connectivity index (χ0n) is 14.0. The van der Waals surface area contributed by atoms with E-state index in [4.69, 9.17) is 4.98 Å². The summed E-state index contributed by atoms with van der Waals surface area (Å²) in [7, 11) is 0. The van der Waals surface area contributed by atoms with E-state index in [1.165, 1.54) is 27.6 Å². The zero-order valence-corrected chi connectivity index (χ0v) is 14.0. The molecule has 0 aliphatic rings. The molecule has 0 atom stereocenters. The van der Waals surface area contributed by atoms with Gasteiger partial charge in [-0.05, 0) is 30.5 Å². The van der Waals surface area contributed by atoms with Gasteiger partial charge in [-0.2, -0.15) is 0 Å². The quantitative estimate of drug-likeness (QED) is 0.430. The average molecular weight is 309 g/mol. The van der Waals surface area contributed by atoms with E-state index in [9.17, 15) is 0 Å². The Kier molecular flexibility index (Phi) is 3.62. The maximum atomic E-state index is 5.08. The number of nitrogens with zero attached hydrogens (tertiary/aromatic N) is 1.